The second-order valence-corrected chi connectivity index (χ2v) is 7.33. The first kappa shape index (κ1) is 17.2. The molecule has 2 aliphatic rings. The third-order valence-electron chi connectivity index (χ3n) is 5.30. The van der Waals surface area contributed by atoms with Crippen molar-refractivity contribution >= 4 is 23.5 Å². The van der Waals surface area contributed by atoms with Crippen molar-refractivity contribution in [3.63, 3.8) is 0 Å². The fourth-order valence-corrected chi connectivity index (χ4v) is 4.10. The van der Waals surface area contributed by atoms with Crippen LogP contribution in [0.4, 0.5) is 4.39 Å². The van der Waals surface area contributed by atoms with E-state index in [0.29, 0.717) is 24.5 Å². The highest BCUT2D eigenvalue weighted by Gasteiger charge is 2.47. The van der Waals surface area contributed by atoms with Crippen LogP contribution in [-0.2, 0) is 4.79 Å². The Morgan fingerprint density at radius 1 is 1.33 bits per heavy atom. The minimum Gasteiger partial charge on any atom is -0.480 e. The molecule has 3 rings (SSSR count). The molecule has 0 unspecified atom stereocenters. The van der Waals surface area contributed by atoms with E-state index in [-0.39, 0.29) is 16.9 Å². The zero-order chi connectivity index (χ0) is 17.5. The van der Waals surface area contributed by atoms with Crippen molar-refractivity contribution in [2.45, 2.75) is 25.3 Å². The molecule has 5 nitrogen and oxygen atoms in total. The first-order valence-corrected chi connectivity index (χ1v) is 8.36. The van der Waals surface area contributed by atoms with Crippen molar-refractivity contribution in [3.05, 3.63) is 34.6 Å². The molecule has 2 saturated heterocycles. The van der Waals surface area contributed by atoms with Gasteiger partial charge >= 0.3 is 5.97 Å². The number of rotatable bonds is 2. The number of carboxylic acid groups (broad SMARTS) is 1. The molecule has 1 amide bonds. The average molecular weight is 355 g/mol. The van der Waals surface area contributed by atoms with E-state index >= 15 is 0 Å². The zero-order valence-electron chi connectivity index (χ0n) is 13.5. The van der Waals surface area contributed by atoms with E-state index in [4.69, 9.17) is 11.6 Å². The molecule has 1 atom stereocenters. The second kappa shape index (κ2) is 6.33. The third-order valence-corrected chi connectivity index (χ3v) is 5.53. The predicted octanol–water partition coefficient (Wildman–Crippen LogP) is 2.49. The SMILES string of the molecule is CN1CC2(CCN(C(=O)c3cc(Cl)ccc3F)CC2)C[C@@H]1C(=O)O. The van der Waals surface area contributed by atoms with Crippen molar-refractivity contribution in [2.75, 3.05) is 26.7 Å². The molecule has 2 aliphatic heterocycles. The minimum absolute atomic E-state index is 0.00889. The van der Waals surface area contributed by atoms with Crippen LogP contribution in [0.1, 0.15) is 29.6 Å². The molecule has 0 bridgehead atoms. The van der Waals surface area contributed by atoms with Crippen LogP contribution in [0.15, 0.2) is 18.2 Å². The van der Waals surface area contributed by atoms with Gasteiger partial charge < -0.3 is 10.0 Å². The molecule has 0 aromatic heterocycles. The van der Waals surface area contributed by atoms with Crippen LogP contribution >= 0.6 is 11.6 Å². The van der Waals surface area contributed by atoms with Gasteiger partial charge in [-0.1, -0.05) is 11.6 Å². The Hall–Kier alpha value is -1.66. The summed E-state index contributed by atoms with van der Waals surface area (Å²) in [6.45, 7) is 1.73. The molecule has 2 heterocycles. The highest BCUT2D eigenvalue weighted by Crippen LogP contribution is 2.43. The summed E-state index contributed by atoms with van der Waals surface area (Å²) in [5.41, 5.74) is -0.0769. The van der Waals surface area contributed by atoms with Crippen molar-refractivity contribution in [1.29, 1.82) is 0 Å². The van der Waals surface area contributed by atoms with E-state index in [0.717, 1.165) is 19.4 Å². The van der Waals surface area contributed by atoms with E-state index in [2.05, 4.69) is 0 Å². The van der Waals surface area contributed by atoms with Crippen LogP contribution in [0.5, 0.6) is 0 Å². The molecule has 0 saturated carbocycles. The molecule has 0 radical (unpaired) electrons. The Bertz CT molecular complexity index is 674. The zero-order valence-corrected chi connectivity index (χ0v) is 14.2. The van der Waals surface area contributed by atoms with Crippen LogP contribution in [0.25, 0.3) is 0 Å². The number of piperidine rings is 1. The van der Waals surface area contributed by atoms with Crippen LogP contribution in [0, 0.1) is 11.2 Å². The number of carbonyl (C=O) groups is 2. The minimum atomic E-state index is -0.797. The number of likely N-dealkylation sites (N-methyl/N-ethyl adjacent to an activating group) is 1. The number of nitrogens with zero attached hydrogens (tertiary/aromatic N) is 2. The normalized spacial score (nSPS) is 23.6. The van der Waals surface area contributed by atoms with Crippen LogP contribution < -0.4 is 0 Å². The molecule has 1 aromatic carbocycles. The van der Waals surface area contributed by atoms with Crippen molar-refractivity contribution in [1.82, 2.24) is 9.80 Å². The lowest BCUT2D eigenvalue weighted by Crippen LogP contribution is -2.44. The number of halogens is 2. The number of aliphatic carboxylic acids is 1. The maximum Gasteiger partial charge on any atom is 0.320 e. The van der Waals surface area contributed by atoms with Crippen LogP contribution in [0.3, 0.4) is 0 Å². The van der Waals surface area contributed by atoms with Crippen molar-refractivity contribution < 1.29 is 19.1 Å². The maximum absolute atomic E-state index is 13.9. The Kier molecular flexibility index (Phi) is 4.53. The Morgan fingerprint density at radius 3 is 2.58 bits per heavy atom. The first-order valence-electron chi connectivity index (χ1n) is 7.99. The van der Waals surface area contributed by atoms with E-state index in [1.807, 2.05) is 11.9 Å². The molecule has 2 fully saturated rings. The maximum atomic E-state index is 13.9. The lowest BCUT2D eigenvalue weighted by molar-refractivity contribution is -0.141. The summed E-state index contributed by atoms with van der Waals surface area (Å²) in [5, 5.41) is 9.61. The molecule has 24 heavy (non-hydrogen) atoms. The van der Waals surface area contributed by atoms with Gasteiger partial charge in [0, 0.05) is 24.7 Å². The predicted molar refractivity (Wildman–Crippen MR) is 87.7 cm³/mol. The summed E-state index contributed by atoms with van der Waals surface area (Å²) >= 11 is 5.86. The molecule has 1 spiro atoms. The lowest BCUT2D eigenvalue weighted by atomic mass is 9.76. The van der Waals surface area contributed by atoms with E-state index in [1.54, 1.807) is 4.90 Å². The molecule has 1 aromatic rings. The van der Waals surface area contributed by atoms with Gasteiger partial charge in [-0.25, -0.2) is 4.39 Å². The van der Waals surface area contributed by atoms with Gasteiger partial charge in [0.2, 0.25) is 0 Å². The summed E-state index contributed by atoms with van der Waals surface area (Å²) in [5.74, 6) is -1.73. The Labute approximate surface area is 145 Å². The number of amides is 1. The van der Waals surface area contributed by atoms with Crippen LogP contribution in [0.2, 0.25) is 5.02 Å². The van der Waals surface area contributed by atoms with E-state index in [9.17, 15) is 19.1 Å². The summed E-state index contributed by atoms with van der Waals surface area (Å²) < 4.78 is 13.9. The number of likely N-dealkylation sites (tertiary alicyclic amines) is 2. The first-order chi connectivity index (χ1) is 11.3. The molecule has 1 N–H and O–H groups in total. The second-order valence-electron chi connectivity index (χ2n) is 6.89. The summed E-state index contributed by atoms with van der Waals surface area (Å²) in [6.07, 6.45) is 2.07. The van der Waals surface area contributed by atoms with Crippen LogP contribution in [-0.4, -0.2) is 59.5 Å². The Balaban J connectivity index is 1.68. The highest BCUT2D eigenvalue weighted by molar-refractivity contribution is 6.31. The largest absolute Gasteiger partial charge is 0.480 e. The van der Waals surface area contributed by atoms with Gasteiger partial charge in [-0.2, -0.15) is 0 Å². The summed E-state index contributed by atoms with van der Waals surface area (Å²) in [7, 11) is 1.83. The molecular formula is C17H20ClFN2O3. The van der Waals surface area contributed by atoms with Gasteiger partial charge in [0.1, 0.15) is 11.9 Å². The van der Waals surface area contributed by atoms with Crippen molar-refractivity contribution in [3.8, 4) is 0 Å². The highest BCUT2D eigenvalue weighted by atomic mass is 35.5. The van der Waals surface area contributed by atoms with Gasteiger partial charge in [0.25, 0.3) is 5.91 Å². The smallest absolute Gasteiger partial charge is 0.320 e. The fraction of sp³-hybridized carbons (Fsp3) is 0.529. The van der Waals surface area contributed by atoms with Gasteiger partial charge in [0.05, 0.1) is 5.56 Å². The fourth-order valence-electron chi connectivity index (χ4n) is 3.92. The standard InChI is InChI=1S/C17H20ClFN2O3/c1-20-10-17(9-14(20)16(23)24)4-6-21(7-5-17)15(22)12-8-11(18)2-3-13(12)19/h2-3,8,14H,4-7,9-10H2,1H3,(H,23,24)/t14-/m1/s1. The molecule has 0 aliphatic carbocycles. The van der Waals surface area contributed by atoms with Gasteiger partial charge in [-0.3, -0.25) is 14.5 Å². The van der Waals surface area contributed by atoms with Gasteiger partial charge in [-0.15, -0.1) is 0 Å². The van der Waals surface area contributed by atoms with E-state index < -0.39 is 17.8 Å². The number of carbonyl (C=O) groups excluding carboxylic acids is 1. The topological polar surface area (TPSA) is 60.9 Å². The molecular weight excluding hydrogens is 335 g/mol. The number of hydrogen-bond acceptors (Lipinski definition) is 3. The number of hydrogen-bond donors (Lipinski definition) is 1. The average Bonchev–Trinajstić information content (AvgIpc) is 2.86. The van der Waals surface area contributed by atoms with E-state index in [1.165, 1.54) is 18.2 Å². The summed E-state index contributed by atoms with van der Waals surface area (Å²) in [4.78, 5) is 27.3. The quantitative estimate of drug-likeness (QED) is 0.886. The van der Waals surface area contributed by atoms with Gasteiger partial charge in [0.15, 0.2) is 0 Å². The Morgan fingerprint density at radius 2 is 2.00 bits per heavy atom. The van der Waals surface area contributed by atoms with Gasteiger partial charge in [-0.05, 0) is 49.9 Å². The monoisotopic (exact) mass is 354 g/mol. The lowest BCUT2D eigenvalue weighted by Gasteiger charge is -2.39. The summed E-state index contributed by atoms with van der Waals surface area (Å²) in [6, 6.07) is 3.51. The molecule has 130 valence electrons. The number of benzene rings is 1. The number of carboxylic acids is 1. The van der Waals surface area contributed by atoms with Crippen molar-refractivity contribution in [2.24, 2.45) is 5.41 Å². The third kappa shape index (κ3) is 3.13. The molecule has 7 heteroatoms.